The fraction of sp³-hybridized carbons (Fsp3) is 0.0909. The standard InChI is InChI=1S/C22H20N2O3/c23-19(22(26)27)15-24(21(25)17-11-5-2-6-12-17)20-14-8-7-13-18(20)16-9-3-1-4-10-16/h1-14,19H,15,23H2,(H,26,27). The molecule has 0 aliphatic carbocycles. The lowest BCUT2D eigenvalue weighted by atomic mass is 10.0. The third-order valence-electron chi connectivity index (χ3n) is 4.24. The predicted molar refractivity (Wildman–Crippen MR) is 106 cm³/mol. The minimum absolute atomic E-state index is 0.132. The number of carboxylic acids is 1. The Bertz CT molecular complexity index is 927. The number of nitrogens with zero attached hydrogens (tertiary/aromatic N) is 1. The van der Waals surface area contributed by atoms with Gasteiger partial charge in [0.15, 0.2) is 0 Å². The first-order valence-corrected chi connectivity index (χ1v) is 8.57. The van der Waals surface area contributed by atoms with Gasteiger partial charge in [-0.1, -0.05) is 66.7 Å². The van der Waals surface area contributed by atoms with Crippen LogP contribution in [0.5, 0.6) is 0 Å². The molecule has 0 spiro atoms. The molecule has 3 aromatic carbocycles. The van der Waals surface area contributed by atoms with E-state index in [0.717, 1.165) is 11.1 Å². The molecule has 0 aliphatic rings. The molecule has 1 unspecified atom stereocenters. The number of rotatable bonds is 6. The molecule has 0 saturated carbocycles. The Morgan fingerprint density at radius 3 is 2.04 bits per heavy atom. The van der Waals surface area contributed by atoms with Crippen molar-refractivity contribution in [2.24, 2.45) is 5.73 Å². The van der Waals surface area contributed by atoms with Crippen molar-refractivity contribution in [2.45, 2.75) is 6.04 Å². The van der Waals surface area contributed by atoms with Crippen molar-refractivity contribution in [3.05, 3.63) is 90.5 Å². The number of carbonyl (C=O) groups is 2. The Morgan fingerprint density at radius 2 is 1.41 bits per heavy atom. The average molecular weight is 360 g/mol. The highest BCUT2D eigenvalue weighted by atomic mass is 16.4. The molecule has 0 radical (unpaired) electrons. The van der Waals surface area contributed by atoms with Gasteiger partial charge in [0.25, 0.3) is 5.91 Å². The van der Waals surface area contributed by atoms with E-state index in [1.165, 1.54) is 4.90 Å². The third kappa shape index (κ3) is 4.22. The van der Waals surface area contributed by atoms with E-state index < -0.39 is 12.0 Å². The zero-order chi connectivity index (χ0) is 19.2. The molecule has 1 atom stereocenters. The van der Waals surface area contributed by atoms with Gasteiger partial charge >= 0.3 is 5.97 Å². The Balaban J connectivity index is 2.09. The molecule has 0 fully saturated rings. The van der Waals surface area contributed by atoms with Crippen LogP contribution in [-0.2, 0) is 4.79 Å². The largest absolute Gasteiger partial charge is 0.480 e. The quantitative estimate of drug-likeness (QED) is 0.706. The number of hydrogen-bond acceptors (Lipinski definition) is 3. The van der Waals surface area contributed by atoms with Gasteiger partial charge in [0.1, 0.15) is 6.04 Å². The van der Waals surface area contributed by atoms with Crippen molar-refractivity contribution in [2.75, 3.05) is 11.4 Å². The van der Waals surface area contributed by atoms with E-state index >= 15 is 0 Å². The summed E-state index contributed by atoms with van der Waals surface area (Å²) in [4.78, 5) is 25.9. The monoisotopic (exact) mass is 360 g/mol. The van der Waals surface area contributed by atoms with Crippen LogP contribution in [0.3, 0.4) is 0 Å². The van der Waals surface area contributed by atoms with Crippen molar-refractivity contribution >= 4 is 17.6 Å². The van der Waals surface area contributed by atoms with Gasteiger partial charge in [-0.2, -0.15) is 0 Å². The lowest BCUT2D eigenvalue weighted by molar-refractivity contribution is -0.138. The molecule has 3 rings (SSSR count). The maximum absolute atomic E-state index is 13.2. The second kappa shape index (κ2) is 8.29. The van der Waals surface area contributed by atoms with Crippen LogP contribution in [0.4, 0.5) is 5.69 Å². The summed E-state index contributed by atoms with van der Waals surface area (Å²) in [5.41, 5.74) is 8.62. The maximum atomic E-state index is 13.2. The van der Waals surface area contributed by atoms with Crippen molar-refractivity contribution in [1.29, 1.82) is 0 Å². The Labute approximate surface area is 157 Å². The smallest absolute Gasteiger partial charge is 0.322 e. The van der Waals surface area contributed by atoms with Crippen LogP contribution >= 0.6 is 0 Å². The number of nitrogens with two attached hydrogens (primary N) is 1. The molecular formula is C22H20N2O3. The third-order valence-corrected chi connectivity index (χ3v) is 4.24. The van der Waals surface area contributed by atoms with Gasteiger partial charge in [0.05, 0.1) is 12.2 Å². The van der Waals surface area contributed by atoms with Crippen LogP contribution in [0.15, 0.2) is 84.9 Å². The number of carbonyl (C=O) groups excluding carboxylic acids is 1. The minimum Gasteiger partial charge on any atom is -0.480 e. The van der Waals surface area contributed by atoms with Gasteiger partial charge in [-0.05, 0) is 23.8 Å². The average Bonchev–Trinajstić information content (AvgIpc) is 2.72. The van der Waals surface area contributed by atoms with Gasteiger partial charge < -0.3 is 15.7 Å². The molecule has 0 bridgehead atoms. The Morgan fingerprint density at radius 1 is 0.852 bits per heavy atom. The lowest BCUT2D eigenvalue weighted by Crippen LogP contribution is -2.45. The second-order valence-electron chi connectivity index (χ2n) is 6.11. The van der Waals surface area contributed by atoms with E-state index in [1.54, 1.807) is 30.3 Å². The number of para-hydroxylation sites is 1. The van der Waals surface area contributed by atoms with E-state index in [9.17, 15) is 14.7 Å². The zero-order valence-electron chi connectivity index (χ0n) is 14.7. The number of amides is 1. The van der Waals surface area contributed by atoms with Gasteiger partial charge in [-0.15, -0.1) is 0 Å². The summed E-state index contributed by atoms with van der Waals surface area (Å²) < 4.78 is 0. The molecule has 0 heterocycles. The highest BCUT2D eigenvalue weighted by Gasteiger charge is 2.25. The minimum atomic E-state index is -1.19. The topological polar surface area (TPSA) is 83.6 Å². The van der Waals surface area contributed by atoms with Gasteiger partial charge in [-0.3, -0.25) is 9.59 Å². The lowest BCUT2D eigenvalue weighted by Gasteiger charge is -2.27. The van der Waals surface area contributed by atoms with Crippen molar-refractivity contribution in [1.82, 2.24) is 0 Å². The zero-order valence-corrected chi connectivity index (χ0v) is 14.7. The Kier molecular flexibility index (Phi) is 5.64. The van der Waals surface area contributed by atoms with Crippen molar-refractivity contribution < 1.29 is 14.7 Å². The van der Waals surface area contributed by atoms with Gasteiger partial charge in [0, 0.05) is 11.1 Å². The highest BCUT2D eigenvalue weighted by Crippen LogP contribution is 2.31. The normalized spacial score (nSPS) is 11.6. The molecule has 3 N–H and O–H groups in total. The molecule has 0 saturated heterocycles. The molecule has 27 heavy (non-hydrogen) atoms. The first-order valence-electron chi connectivity index (χ1n) is 8.57. The van der Waals surface area contributed by atoms with Crippen LogP contribution in [0.2, 0.25) is 0 Å². The van der Waals surface area contributed by atoms with E-state index in [1.807, 2.05) is 54.6 Å². The number of benzene rings is 3. The molecule has 0 aromatic heterocycles. The van der Waals surface area contributed by atoms with Crippen LogP contribution in [0, 0.1) is 0 Å². The predicted octanol–water partition coefficient (Wildman–Crippen LogP) is 3.41. The van der Waals surface area contributed by atoms with Crippen LogP contribution in [0.1, 0.15) is 10.4 Å². The van der Waals surface area contributed by atoms with Crippen LogP contribution < -0.4 is 10.6 Å². The maximum Gasteiger partial charge on any atom is 0.322 e. The summed E-state index contributed by atoms with van der Waals surface area (Å²) >= 11 is 0. The molecule has 5 nitrogen and oxygen atoms in total. The summed E-state index contributed by atoms with van der Waals surface area (Å²) in [7, 11) is 0. The summed E-state index contributed by atoms with van der Waals surface area (Å²) in [5.74, 6) is -1.45. The summed E-state index contributed by atoms with van der Waals surface area (Å²) in [6.45, 7) is -0.132. The van der Waals surface area contributed by atoms with Gasteiger partial charge in [0.2, 0.25) is 0 Å². The van der Waals surface area contributed by atoms with E-state index in [-0.39, 0.29) is 12.5 Å². The number of carboxylic acid groups (broad SMARTS) is 1. The van der Waals surface area contributed by atoms with E-state index in [4.69, 9.17) is 5.73 Å². The first kappa shape index (κ1) is 18.4. The van der Waals surface area contributed by atoms with Crippen LogP contribution in [-0.4, -0.2) is 29.6 Å². The van der Waals surface area contributed by atoms with Gasteiger partial charge in [-0.25, -0.2) is 0 Å². The first-order chi connectivity index (χ1) is 13.1. The second-order valence-corrected chi connectivity index (χ2v) is 6.11. The Hall–Kier alpha value is -3.44. The summed E-state index contributed by atoms with van der Waals surface area (Å²) in [5, 5.41) is 9.25. The summed E-state index contributed by atoms with van der Waals surface area (Å²) in [6.07, 6.45) is 0. The summed E-state index contributed by atoms with van der Waals surface area (Å²) in [6, 6.07) is 24.6. The van der Waals surface area contributed by atoms with E-state index in [2.05, 4.69) is 0 Å². The number of aliphatic carboxylic acids is 1. The van der Waals surface area contributed by atoms with E-state index in [0.29, 0.717) is 11.3 Å². The fourth-order valence-electron chi connectivity index (χ4n) is 2.87. The number of anilines is 1. The molecule has 3 aromatic rings. The number of hydrogen-bond donors (Lipinski definition) is 2. The molecule has 5 heteroatoms. The molecule has 1 amide bonds. The van der Waals surface area contributed by atoms with Crippen molar-refractivity contribution in [3.63, 3.8) is 0 Å². The SMILES string of the molecule is NC(CN(C(=O)c1ccccc1)c1ccccc1-c1ccccc1)C(=O)O. The van der Waals surface area contributed by atoms with Crippen LogP contribution in [0.25, 0.3) is 11.1 Å². The van der Waals surface area contributed by atoms with Crippen molar-refractivity contribution in [3.8, 4) is 11.1 Å². The molecule has 0 aliphatic heterocycles. The highest BCUT2D eigenvalue weighted by molar-refractivity contribution is 6.08. The fourth-order valence-corrected chi connectivity index (χ4v) is 2.87. The molecular weight excluding hydrogens is 340 g/mol. The molecule has 136 valence electrons.